The summed E-state index contributed by atoms with van der Waals surface area (Å²) in [6, 6.07) is -0.0377. The van der Waals surface area contributed by atoms with Crippen LogP contribution in [0.15, 0.2) is 0 Å². The monoisotopic (exact) mass is 176 g/mol. The van der Waals surface area contributed by atoms with Gasteiger partial charge in [-0.1, -0.05) is 0 Å². The van der Waals surface area contributed by atoms with Gasteiger partial charge in [-0.25, -0.2) is 0 Å². The fourth-order valence-corrected chi connectivity index (χ4v) is 0.963. The van der Waals surface area contributed by atoms with E-state index in [9.17, 15) is 4.79 Å². The van der Waals surface area contributed by atoms with Gasteiger partial charge in [-0.15, -0.1) is 0 Å². The Morgan fingerprint density at radius 2 is 2.36 bits per heavy atom. The summed E-state index contributed by atoms with van der Waals surface area (Å²) < 4.78 is 0. The van der Waals surface area contributed by atoms with Crippen molar-refractivity contribution in [2.24, 2.45) is 5.73 Å². The Hall–Kier alpha value is -0.220. The van der Waals surface area contributed by atoms with Gasteiger partial charge >= 0.3 is 0 Å². The molecule has 4 heteroatoms. The summed E-state index contributed by atoms with van der Waals surface area (Å²) in [5, 5.41) is 2.78. The maximum atomic E-state index is 10.9. The van der Waals surface area contributed by atoms with Gasteiger partial charge in [0.15, 0.2) is 0 Å². The number of rotatable bonds is 5. The normalized spacial score (nSPS) is 12.6. The van der Waals surface area contributed by atoms with Crippen molar-refractivity contribution in [3.63, 3.8) is 0 Å². The number of hydrogen-bond acceptors (Lipinski definition) is 3. The standard InChI is InChI=1S/C7H16N2OS/c1-6(8)5-7(10)9-3-4-11-2/h6H,3-5,8H2,1-2H3,(H,9,10). The topological polar surface area (TPSA) is 55.1 Å². The zero-order chi connectivity index (χ0) is 8.69. The second kappa shape index (κ2) is 6.49. The molecule has 3 nitrogen and oxygen atoms in total. The maximum Gasteiger partial charge on any atom is 0.221 e. The van der Waals surface area contributed by atoms with Crippen molar-refractivity contribution >= 4 is 17.7 Å². The van der Waals surface area contributed by atoms with Crippen LogP contribution in [0.25, 0.3) is 0 Å². The predicted molar refractivity (Wildman–Crippen MR) is 49.7 cm³/mol. The van der Waals surface area contributed by atoms with E-state index >= 15 is 0 Å². The number of thioether (sulfide) groups is 1. The number of nitrogens with two attached hydrogens (primary N) is 1. The van der Waals surface area contributed by atoms with Crippen LogP contribution in [0.3, 0.4) is 0 Å². The van der Waals surface area contributed by atoms with Crippen LogP contribution < -0.4 is 11.1 Å². The quantitative estimate of drug-likeness (QED) is 0.588. The third-order valence-corrected chi connectivity index (χ3v) is 1.75. The Balaban J connectivity index is 3.23. The fourth-order valence-electron chi connectivity index (χ4n) is 0.657. The molecular weight excluding hydrogens is 160 g/mol. The first-order valence-corrected chi connectivity index (χ1v) is 5.07. The van der Waals surface area contributed by atoms with Crippen molar-refractivity contribution in [2.45, 2.75) is 19.4 Å². The summed E-state index contributed by atoms with van der Waals surface area (Å²) in [6.07, 6.45) is 2.44. The summed E-state index contributed by atoms with van der Waals surface area (Å²) in [5.41, 5.74) is 5.43. The second-order valence-corrected chi connectivity index (χ2v) is 3.51. The second-order valence-electron chi connectivity index (χ2n) is 2.52. The lowest BCUT2D eigenvalue weighted by atomic mass is 10.2. The molecule has 0 aromatic rings. The Kier molecular flexibility index (Phi) is 6.36. The maximum absolute atomic E-state index is 10.9. The molecule has 0 aliphatic carbocycles. The molecule has 0 saturated heterocycles. The van der Waals surface area contributed by atoms with Crippen LogP contribution in [0.1, 0.15) is 13.3 Å². The van der Waals surface area contributed by atoms with E-state index in [0.717, 1.165) is 12.3 Å². The van der Waals surface area contributed by atoms with Gasteiger partial charge in [-0.05, 0) is 13.2 Å². The highest BCUT2D eigenvalue weighted by Crippen LogP contribution is 1.89. The largest absolute Gasteiger partial charge is 0.355 e. The van der Waals surface area contributed by atoms with Gasteiger partial charge in [0.2, 0.25) is 5.91 Å². The summed E-state index contributed by atoms with van der Waals surface area (Å²) in [5.74, 6) is 1.01. The lowest BCUT2D eigenvalue weighted by molar-refractivity contribution is -0.121. The third kappa shape index (κ3) is 7.68. The molecule has 0 fully saturated rings. The van der Waals surface area contributed by atoms with Gasteiger partial charge in [0.1, 0.15) is 0 Å². The van der Waals surface area contributed by atoms with Crippen molar-refractivity contribution in [3.8, 4) is 0 Å². The zero-order valence-corrected chi connectivity index (χ0v) is 7.91. The van der Waals surface area contributed by atoms with Crippen LogP contribution in [-0.4, -0.2) is 30.5 Å². The van der Waals surface area contributed by atoms with E-state index < -0.39 is 0 Å². The van der Waals surface area contributed by atoms with Gasteiger partial charge < -0.3 is 11.1 Å². The summed E-state index contributed by atoms with van der Waals surface area (Å²) in [7, 11) is 0. The van der Waals surface area contributed by atoms with E-state index in [0.29, 0.717) is 6.42 Å². The van der Waals surface area contributed by atoms with Crippen molar-refractivity contribution in [3.05, 3.63) is 0 Å². The minimum absolute atomic E-state index is 0.0377. The van der Waals surface area contributed by atoms with Gasteiger partial charge in [0.25, 0.3) is 0 Å². The Morgan fingerprint density at radius 1 is 1.73 bits per heavy atom. The van der Waals surface area contributed by atoms with Gasteiger partial charge in [0.05, 0.1) is 0 Å². The highest BCUT2D eigenvalue weighted by Gasteiger charge is 2.02. The predicted octanol–water partition coefficient (Wildman–Crippen LogP) is 0.203. The Labute approximate surface area is 72.1 Å². The zero-order valence-electron chi connectivity index (χ0n) is 7.09. The average molecular weight is 176 g/mol. The summed E-state index contributed by atoms with van der Waals surface area (Å²) in [4.78, 5) is 10.9. The molecule has 0 spiro atoms. The van der Waals surface area contributed by atoms with Crippen LogP contribution in [0.2, 0.25) is 0 Å². The minimum Gasteiger partial charge on any atom is -0.355 e. The van der Waals surface area contributed by atoms with Crippen molar-refractivity contribution < 1.29 is 4.79 Å². The molecule has 1 unspecified atom stereocenters. The molecule has 1 amide bonds. The average Bonchev–Trinajstić information content (AvgIpc) is 1.86. The van der Waals surface area contributed by atoms with E-state index in [4.69, 9.17) is 5.73 Å². The molecule has 0 radical (unpaired) electrons. The van der Waals surface area contributed by atoms with Crippen LogP contribution >= 0.6 is 11.8 Å². The first-order valence-electron chi connectivity index (χ1n) is 3.68. The van der Waals surface area contributed by atoms with Crippen LogP contribution in [0, 0.1) is 0 Å². The first kappa shape index (κ1) is 10.8. The minimum atomic E-state index is -0.0377. The number of carbonyl (C=O) groups is 1. The highest BCUT2D eigenvalue weighted by atomic mass is 32.2. The van der Waals surface area contributed by atoms with E-state index in [-0.39, 0.29) is 11.9 Å². The number of nitrogens with one attached hydrogen (secondary N) is 1. The van der Waals surface area contributed by atoms with Crippen molar-refractivity contribution in [1.82, 2.24) is 5.32 Å². The number of carbonyl (C=O) groups excluding carboxylic acids is 1. The SMILES string of the molecule is CSCCNC(=O)CC(C)N. The molecule has 0 saturated carbocycles. The molecule has 1 atom stereocenters. The number of hydrogen-bond donors (Lipinski definition) is 2. The highest BCUT2D eigenvalue weighted by molar-refractivity contribution is 7.98. The first-order chi connectivity index (χ1) is 5.16. The molecule has 0 aromatic carbocycles. The molecule has 11 heavy (non-hydrogen) atoms. The summed E-state index contributed by atoms with van der Waals surface area (Å²) in [6.45, 7) is 2.57. The Morgan fingerprint density at radius 3 is 2.82 bits per heavy atom. The molecule has 0 rings (SSSR count). The van der Waals surface area contributed by atoms with Gasteiger partial charge in [0, 0.05) is 24.8 Å². The molecule has 0 aliphatic rings. The molecule has 0 aromatic heterocycles. The van der Waals surface area contributed by atoms with E-state index in [1.807, 2.05) is 13.2 Å². The molecule has 66 valence electrons. The molecule has 0 aliphatic heterocycles. The van der Waals surface area contributed by atoms with E-state index in [1.165, 1.54) is 0 Å². The lowest BCUT2D eigenvalue weighted by Gasteiger charge is -2.05. The van der Waals surface area contributed by atoms with Gasteiger partial charge in [-0.3, -0.25) is 4.79 Å². The molecule has 3 N–H and O–H groups in total. The van der Waals surface area contributed by atoms with Crippen LogP contribution in [-0.2, 0) is 4.79 Å². The Bertz CT molecular complexity index is 117. The molecular formula is C7H16N2OS. The molecule has 0 heterocycles. The third-order valence-electron chi connectivity index (χ3n) is 1.14. The van der Waals surface area contributed by atoms with Crippen molar-refractivity contribution in [1.29, 1.82) is 0 Å². The van der Waals surface area contributed by atoms with Crippen molar-refractivity contribution in [2.75, 3.05) is 18.6 Å². The number of amides is 1. The van der Waals surface area contributed by atoms with Crippen LogP contribution in [0.5, 0.6) is 0 Å². The molecule has 0 bridgehead atoms. The summed E-state index contributed by atoms with van der Waals surface area (Å²) >= 11 is 1.72. The van der Waals surface area contributed by atoms with Gasteiger partial charge in [-0.2, -0.15) is 11.8 Å². The van der Waals surface area contributed by atoms with Crippen LogP contribution in [0.4, 0.5) is 0 Å². The lowest BCUT2D eigenvalue weighted by Crippen LogP contribution is -2.31. The smallest absolute Gasteiger partial charge is 0.221 e. The van der Waals surface area contributed by atoms with E-state index in [1.54, 1.807) is 11.8 Å². The fraction of sp³-hybridized carbons (Fsp3) is 0.857. The van der Waals surface area contributed by atoms with E-state index in [2.05, 4.69) is 5.32 Å².